The van der Waals surface area contributed by atoms with Crippen molar-refractivity contribution in [1.29, 1.82) is 0 Å². The summed E-state index contributed by atoms with van der Waals surface area (Å²) < 4.78 is 0. The Kier molecular flexibility index (Phi) is 22.4. The monoisotopic (exact) mass is 763 g/mol. The van der Waals surface area contributed by atoms with Gasteiger partial charge in [-0.15, -0.1) is 0 Å². The molecule has 54 heavy (non-hydrogen) atoms. The van der Waals surface area contributed by atoms with Gasteiger partial charge in [-0.05, 0) is 163 Å². The molecule has 4 rings (SSSR count). The average molecular weight is 763 g/mol. The minimum atomic E-state index is 0.350. The second-order valence-corrected chi connectivity index (χ2v) is 23.4. The maximum Gasteiger partial charge on any atom is 0.0126 e. The van der Waals surface area contributed by atoms with Crippen molar-refractivity contribution in [3.05, 3.63) is 0 Å². The number of hydrogen-bond acceptors (Lipinski definition) is 6. The molecule has 4 heterocycles. The van der Waals surface area contributed by atoms with Crippen molar-refractivity contribution < 1.29 is 0 Å². The van der Waals surface area contributed by atoms with Gasteiger partial charge in [-0.25, -0.2) is 0 Å². The highest BCUT2D eigenvalue weighted by Crippen LogP contribution is 2.35. The average Bonchev–Trinajstić information content (AvgIpc) is 3.04. The summed E-state index contributed by atoms with van der Waals surface area (Å²) in [4.78, 5) is 15.5. The zero-order chi connectivity index (χ0) is 41.7. The topological polar surface area (TPSA) is 19.4 Å². The van der Waals surface area contributed by atoms with E-state index in [1.165, 1.54) is 117 Å². The zero-order valence-electron chi connectivity index (χ0n) is 40.9. The van der Waals surface area contributed by atoms with Gasteiger partial charge in [0.2, 0.25) is 0 Å². The highest BCUT2D eigenvalue weighted by molar-refractivity contribution is 4.84. The normalized spacial score (nSPS) is 22.2. The Balaban J connectivity index is 0.000000360. The van der Waals surface area contributed by atoms with Crippen molar-refractivity contribution in [2.45, 2.75) is 200 Å². The molecule has 0 aromatic rings. The van der Waals surface area contributed by atoms with Gasteiger partial charge in [-0.1, -0.05) is 62.3 Å². The number of nitrogens with zero attached hydrogens (tertiary/aromatic N) is 6. The number of piperazine rings is 2. The van der Waals surface area contributed by atoms with Crippen LogP contribution in [0.2, 0.25) is 0 Å². The summed E-state index contributed by atoms with van der Waals surface area (Å²) in [5.41, 5.74) is 1.83. The molecule has 4 aliphatic rings. The van der Waals surface area contributed by atoms with Crippen molar-refractivity contribution in [3.63, 3.8) is 0 Å². The number of likely N-dealkylation sites (tertiary alicyclic amines) is 2. The standard InChI is InChI=1S/C13H27N.C12H26N2.C12H25N.C11H24N2/c1-11(2)14-8-6-12(7-9-14)10-13(3,4)5;1-11(2)14-8-6-13(7-9-14)10-12(3,4)5;1-10(2)13-8-6-11(7-9-13)12(3,4)5;1-10(2)12-6-8-13(9-7-12)11(3,4)5/h11-12H,6-10H2,1-5H3;11H,6-10H2,1-5H3;10-11H,6-9H2,1-5H3;10H,6-9H2,1-5H3. The number of piperidine rings is 2. The van der Waals surface area contributed by atoms with Crippen LogP contribution in [-0.4, -0.2) is 144 Å². The van der Waals surface area contributed by atoms with Crippen LogP contribution in [0.4, 0.5) is 0 Å². The third kappa shape index (κ3) is 22.1. The Hall–Kier alpha value is -0.240. The maximum atomic E-state index is 2.61. The first-order valence-electron chi connectivity index (χ1n) is 23.0. The van der Waals surface area contributed by atoms with E-state index in [0.29, 0.717) is 33.9 Å². The molecular weight excluding hydrogens is 661 g/mol. The molecule has 0 radical (unpaired) electrons. The number of hydrogen-bond donors (Lipinski definition) is 0. The van der Waals surface area contributed by atoms with E-state index in [1.807, 2.05) is 0 Å². The summed E-state index contributed by atoms with van der Waals surface area (Å²) >= 11 is 0. The SMILES string of the molecule is CC(C)N1CCC(C(C)(C)C)CC1.CC(C)N1CCC(CC(C)(C)C)CC1.CC(C)N1CCN(C(C)(C)C)CC1.CC(C)N1CCN(CC(C)(C)C)CC1. The van der Waals surface area contributed by atoms with Gasteiger partial charge in [0.15, 0.2) is 0 Å². The minimum absolute atomic E-state index is 0.350. The largest absolute Gasteiger partial charge is 0.301 e. The minimum Gasteiger partial charge on any atom is -0.301 e. The quantitative estimate of drug-likeness (QED) is 0.267. The molecule has 0 aliphatic carbocycles. The fourth-order valence-electron chi connectivity index (χ4n) is 8.84. The van der Waals surface area contributed by atoms with Crippen LogP contribution in [0.1, 0.15) is 171 Å². The zero-order valence-corrected chi connectivity index (χ0v) is 40.9. The molecule has 6 heteroatoms. The van der Waals surface area contributed by atoms with Gasteiger partial charge < -0.3 is 14.7 Å². The Morgan fingerprint density at radius 3 is 1.04 bits per heavy atom. The molecule has 0 aromatic heterocycles. The molecule has 4 fully saturated rings. The molecule has 4 saturated heterocycles. The first kappa shape index (κ1) is 51.8. The van der Waals surface area contributed by atoms with Gasteiger partial charge in [0.1, 0.15) is 0 Å². The van der Waals surface area contributed by atoms with Gasteiger partial charge in [0.25, 0.3) is 0 Å². The lowest BCUT2D eigenvalue weighted by atomic mass is 9.75. The van der Waals surface area contributed by atoms with Crippen molar-refractivity contribution >= 4 is 0 Å². The summed E-state index contributed by atoms with van der Waals surface area (Å²) in [5.74, 6) is 1.91. The van der Waals surface area contributed by atoms with Crippen LogP contribution in [0.3, 0.4) is 0 Å². The van der Waals surface area contributed by atoms with E-state index in [0.717, 1.165) is 23.9 Å². The van der Waals surface area contributed by atoms with Crippen LogP contribution < -0.4 is 0 Å². The summed E-state index contributed by atoms with van der Waals surface area (Å²) in [6.07, 6.45) is 7.01. The molecule has 6 nitrogen and oxygen atoms in total. The van der Waals surface area contributed by atoms with Gasteiger partial charge in [0.05, 0.1) is 0 Å². The Morgan fingerprint density at radius 1 is 0.407 bits per heavy atom. The van der Waals surface area contributed by atoms with Crippen molar-refractivity contribution in [2.75, 3.05) is 85.1 Å². The van der Waals surface area contributed by atoms with Crippen molar-refractivity contribution in [2.24, 2.45) is 28.1 Å². The van der Waals surface area contributed by atoms with E-state index in [1.54, 1.807) is 0 Å². The molecule has 4 aliphatic heterocycles. The molecule has 0 N–H and O–H groups in total. The fraction of sp³-hybridized carbons (Fsp3) is 1.00. The van der Waals surface area contributed by atoms with E-state index < -0.39 is 0 Å². The first-order chi connectivity index (χ1) is 24.6. The lowest BCUT2D eigenvalue weighted by molar-refractivity contribution is 0.0491. The van der Waals surface area contributed by atoms with Gasteiger partial charge >= 0.3 is 0 Å². The highest BCUT2D eigenvalue weighted by atomic mass is 15.3. The molecule has 324 valence electrons. The highest BCUT2D eigenvalue weighted by Gasteiger charge is 2.30. The van der Waals surface area contributed by atoms with Crippen molar-refractivity contribution in [3.8, 4) is 0 Å². The Morgan fingerprint density at radius 2 is 0.741 bits per heavy atom. The van der Waals surface area contributed by atoms with E-state index in [9.17, 15) is 0 Å². The molecule has 0 atom stereocenters. The van der Waals surface area contributed by atoms with Crippen LogP contribution in [-0.2, 0) is 0 Å². The molecule has 0 amide bonds. The molecule has 0 spiro atoms. The summed E-state index contributed by atoms with van der Waals surface area (Å²) in [6, 6.07) is 2.90. The van der Waals surface area contributed by atoms with Gasteiger partial charge in [-0.2, -0.15) is 0 Å². The number of rotatable bonds is 6. The first-order valence-corrected chi connectivity index (χ1v) is 23.0. The van der Waals surface area contributed by atoms with Crippen LogP contribution in [0.15, 0.2) is 0 Å². The second kappa shape index (κ2) is 23.4. The second-order valence-electron chi connectivity index (χ2n) is 23.4. The predicted molar refractivity (Wildman–Crippen MR) is 243 cm³/mol. The lowest BCUT2D eigenvalue weighted by Gasteiger charge is -2.43. The van der Waals surface area contributed by atoms with E-state index in [4.69, 9.17) is 0 Å². The van der Waals surface area contributed by atoms with Crippen LogP contribution >= 0.6 is 0 Å². The molecule has 0 bridgehead atoms. The lowest BCUT2D eigenvalue weighted by Crippen LogP contribution is -2.54. The van der Waals surface area contributed by atoms with E-state index in [-0.39, 0.29) is 0 Å². The molecule has 0 unspecified atom stereocenters. The molecule has 0 saturated carbocycles. The summed E-state index contributed by atoms with van der Waals surface area (Å²) in [7, 11) is 0. The Labute approximate surface area is 341 Å². The van der Waals surface area contributed by atoms with E-state index in [2.05, 4.69) is 168 Å². The third-order valence-corrected chi connectivity index (χ3v) is 12.6. The summed E-state index contributed by atoms with van der Waals surface area (Å²) in [5, 5.41) is 0. The van der Waals surface area contributed by atoms with Crippen molar-refractivity contribution in [1.82, 2.24) is 29.4 Å². The molecular formula is C48H102N6. The van der Waals surface area contributed by atoms with Gasteiger partial charge in [-0.3, -0.25) is 14.7 Å². The summed E-state index contributed by atoms with van der Waals surface area (Å²) in [6.45, 7) is 62.8. The van der Waals surface area contributed by atoms with E-state index >= 15 is 0 Å². The third-order valence-electron chi connectivity index (χ3n) is 12.6. The van der Waals surface area contributed by atoms with Crippen LogP contribution in [0.5, 0.6) is 0 Å². The van der Waals surface area contributed by atoms with Gasteiger partial charge in [0, 0.05) is 88.6 Å². The maximum absolute atomic E-state index is 2.61. The fourth-order valence-corrected chi connectivity index (χ4v) is 8.84. The predicted octanol–water partition coefficient (Wildman–Crippen LogP) is 10.6. The van der Waals surface area contributed by atoms with Crippen LogP contribution in [0.25, 0.3) is 0 Å². The smallest absolute Gasteiger partial charge is 0.0126 e. The molecule has 0 aromatic carbocycles. The van der Waals surface area contributed by atoms with Crippen LogP contribution in [0, 0.1) is 28.1 Å². The Bertz CT molecular complexity index is 852.